The van der Waals surface area contributed by atoms with E-state index in [1.54, 1.807) is 6.07 Å². The highest BCUT2D eigenvalue weighted by Gasteiger charge is 2.16. The third kappa shape index (κ3) is 4.40. The largest absolute Gasteiger partial charge is 0.491 e. The van der Waals surface area contributed by atoms with Crippen LogP contribution >= 0.6 is 12.4 Å². The second-order valence-electron chi connectivity index (χ2n) is 5.34. The average molecular weight is 316 g/mol. The van der Waals surface area contributed by atoms with Gasteiger partial charge < -0.3 is 24.2 Å². The van der Waals surface area contributed by atoms with E-state index in [-0.39, 0.29) is 19.2 Å². The number of halogens is 1. The van der Waals surface area contributed by atoms with Gasteiger partial charge in [0, 0.05) is 12.6 Å². The van der Waals surface area contributed by atoms with Crippen molar-refractivity contribution in [1.82, 2.24) is 4.90 Å². The van der Waals surface area contributed by atoms with Crippen LogP contribution in [-0.2, 0) is 0 Å². The minimum absolute atomic E-state index is 0. The van der Waals surface area contributed by atoms with Crippen LogP contribution in [0.25, 0.3) is 0 Å². The third-order valence-corrected chi connectivity index (χ3v) is 3.70. The van der Waals surface area contributed by atoms with Gasteiger partial charge in [-0.3, -0.25) is 0 Å². The molecule has 1 aromatic carbocycles. The van der Waals surface area contributed by atoms with Gasteiger partial charge >= 0.3 is 0 Å². The quantitative estimate of drug-likeness (QED) is 0.901. The number of nitrogens with zero attached hydrogens (tertiary/aromatic N) is 1. The predicted molar refractivity (Wildman–Crippen MR) is 81.6 cm³/mol. The van der Waals surface area contributed by atoms with Crippen LogP contribution in [-0.4, -0.2) is 49.1 Å². The highest BCUT2D eigenvalue weighted by Crippen LogP contribution is 2.35. The number of piperidine rings is 1. The van der Waals surface area contributed by atoms with Gasteiger partial charge in [0.15, 0.2) is 11.5 Å². The molecule has 118 valence electrons. The molecule has 0 aromatic heterocycles. The van der Waals surface area contributed by atoms with E-state index in [0.717, 1.165) is 18.8 Å². The van der Waals surface area contributed by atoms with Crippen LogP contribution in [0.4, 0.5) is 0 Å². The molecule has 1 unspecified atom stereocenters. The standard InChI is InChI=1S/C15H21NO4.ClH/c17-12(9-16-6-2-1-3-7-16)10-18-13-4-5-14-15(8-13)20-11-19-14;/h4-5,8,12,17H,1-3,6-7,9-11H2;1H. The summed E-state index contributed by atoms with van der Waals surface area (Å²) in [6.07, 6.45) is 3.31. The zero-order valence-corrected chi connectivity index (χ0v) is 12.8. The molecular weight excluding hydrogens is 294 g/mol. The number of hydrogen-bond acceptors (Lipinski definition) is 5. The van der Waals surface area contributed by atoms with E-state index < -0.39 is 6.10 Å². The monoisotopic (exact) mass is 315 g/mol. The van der Waals surface area contributed by atoms with E-state index in [9.17, 15) is 5.11 Å². The molecule has 1 saturated heterocycles. The van der Waals surface area contributed by atoms with Crippen LogP contribution in [0.2, 0.25) is 0 Å². The Balaban J connectivity index is 0.00000161. The van der Waals surface area contributed by atoms with Gasteiger partial charge in [-0.25, -0.2) is 0 Å². The Labute approximate surface area is 131 Å². The first-order valence-electron chi connectivity index (χ1n) is 7.24. The summed E-state index contributed by atoms with van der Waals surface area (Å²) in [5, 5.41) is 10.0. The molecule has 1 N–H and O–H groups in total. The van der Waals surface area contributed by atoms with Gasteiger partial charge in [-0.2, -0.15) is 0 Å². The lowest BCUT2D eigenvalue weighted by atomic mass is 10.1. The maximum atomic E-state index is 10.0. The van der Waals surface area contributed by atoms with Crippen LogP contribution in [0.3, 0.4) is 0 Å². The number of aliphatic hydroxyl groups excluding tert-OH is 1. The maximum Gasteiger partial charge on any atom is 0.231 e. The molecule has 1 aromatic rings. The van der Waals surface area contributed by atoms with Crippen molar-refractivity contribution in [2.75, 3.05) is 33.0 Å². The van der Waals surface area contributed by atoms with Gasteiger partial charge in [0.25, 0.3) is 0 Å². The van der Waals surface area contributed by atoms with Crippen molar-refractivity contribution in [1.29, 1.82) is 0 Å². The molecule has 1 atom stereocenters. The smallest absolute Gasteiger partial charge is 0.231 e. The molecule has 1 fully saturated rings. The fraction of sp³-hybridized carbons (Fsp3) is 0.600. The number of aliphatic hydroxyl groups is 1. The number of fused-ring (bicyclic) bond motifs is 1. The number of benzene rings is 1. The summed E-state index contributed by atoms with van der Waals surface area (Å²) in [6, 6.07) is 5.46. The number of β-amino-alcohol motifs (C(OH)–C–C–N with tert-alkyl or cyclic N) is 1. The molecule has 0 amide bonds. The Bertz CT molecular complexity index is 451. The maximum absolute atomic E-state index is 10.0. The summed E-state index contributed by atoms with van der Waals surface area (Å²) in [4.78, 5) is 2.30. The summed E-state index contributed by atoms with van der Waals surface area (Å²) in [5.74, 6) is 2.14. The van der Waals surface area contributed by atoms with E-state index in [1.807, 2.05) is 12.1 Å². The van der Waals surface area contributed by atoms with Gasteiger partial charge in [0.1, 0.15) is 18.5 Å². The molecule has 0 radical (unpaired) electrons. The molecule has 21 heavy (non-hydrogen) atoms. The predicted octanol–water partition coefficient (Wildman–Crippen LogP) is 2.06. The highest BCUT2D eigenvalue weighted by atomic mass is 35.5. The Kier molecular flexibility index (Phi) is 5.96. The average Bonchev–Trinajstić information content (AvgIpc) is 2.93. The number of likely N-dealkylation sites (tertiary alicyclic amines) is 1. The van der Waals surface area contributed by atoms with Crippen molar-refractivity contribution in [2.45, 2.75) is 25.4 Å². The van der Waals surface area contributed by atoms with Crippen molar-refractivity contribution in [3.05, 3.63) is 18.2 Å². The Morgan fingerprint density at radius 3 is 2.71 bits per heavy atom. The zero-order chi connectivity index (χ0) is 13.8. The summed E-state index contributed by atoms with van der Waals surface area (Å²) < 4.78 is 16.2. The fourth-order valence-electron chi connectivity index (χ4n) is 2.65. The van der Waals surface area contributed by atoms with Crippen LogP contribution in [0.15, 0.2) is 18.2 Å². The number of ether oxygens (including phenoxy) is 3. The molecule has 2 aliphatic rings. The van der Waals surface area contributed by atoms with Crippen molar-refractivity contribution in [2.24, 2.45) is 0 Å². The fourth-order valence-corrected chi connectivity index (χ4v) is 2.65. The van der Waals surface area contributed by atoms with E-state index in [1.165, 1.54) is 19.3 Å². The zero-order valence-electron chi connectivity index (χ0n) is 12.0. The molecular formula is C15H22ClNO4. The van der Waals surface area contributed by atoms with Crippen molar-refractivity contribution < 1.29 is 19.3 Å². The molecule has 0 bridgehead atoms. The minimum Gasteiger partial charge on any atom is -0.491 e. The summed E-state index contributed by atoms with van der Waals surface area (Å²) in [7, 11) is 0. The first-order chi connectivity index (χ1) is 9.81. The number of hydrogen-bond donors (Lipinski definition) is 1. The Morgan fingerprint density at radius 2 is 1.90 bits per heavy atom. The molecule has 2 aliphatic heterocycles. The van der Waals surface area contributed by atoms with Gasteiger partial charge in [-0.1, -0.05) is 6.42 Å². The Morgan fingerprint density at radius 1 is 1.14 bits per heavy atom. The molecule has 0 saturated carbocycles. The topological polar surface area (TPSA) is 51.2 Å². The Hall–Kier alpha value is -1.17. The van der Waals surface area contributed by atoms with Crippen LogP contribution < -0.4 is 14.2 Å². The lowest BCUT2D eigenvalue weighted by Gasteiger charge is -2.28. The summed E-state index contributed by atoms with van der Waals surface area (Å²) in [6.45, 7) is 3.42. The number of rotatable bonds is 5. The van der Waals surface area contributed by atoms with Crippen LogP contribution in [0.5, 0.6) is 17.2 Å². The molecule has 6 heteroatoms. The second-order valence-corrected chi connectivity index (χ2v) is 5.34. The van der Waals surface area contributed by atoms with Gasteiger partial charge in [0.05, 0.1) is 0 Å². The summed E-state index contributed by atoms with van der Waals surface area (Å²) >= 11 is 0. The molecule has 5 nitrogen and oxygen atoms in total. The second kappa shape index (κ2) is 7.73. The first-order valence-corrected chi connectivity index (χ1v) is 7.24. The normalized spacial score (nSPS) is 18.9. The van der Waals surface area contributed by atoms with E-state index in [4.69, 9.17) is 14.2 Å². The van der Waals surface area contributed by atoms with Crippen molar-refractivity contribution in [3.63, 3.8) is 0 Å². The lowest BCUT2D eigenvalue weighted by Crippen LogP contribution is -2.38. The van der Waals surface area contributed by atoms with Gasteiger partial charge in [0.2, 0.25) is 6.79 Å². The van der Waals surface area contributed by atoms with Crippen LogP contribution in [0, 0.1) is 0 Å². The SMILES string of the molecule is Cl.OC(COc1ccc2c(c1)OCO2)CN1CCCCC1. The van der Waals surface area contributed by atoms with E-state index in [2.05, 4.69) is 4.90 Å². The molecule has 2 heterocycles. The third-order valence-electron chi connectivity index (χ3n) is 3.70. The van der Waals surface area contributed by atoms with Crippen molar-refractivity contribution in [3.8, 4) is 17.2 Å². The molecule has 0 aliphatic carbocycles. The van der Waals surface area contributed by atoms with E-state index in [0.29, 0.717) is 24.7 Å². The molecule has 0 spiro atoms. The minimum atomic E-state index is -0.460. The van der Waals surface area contributed by atoms with Gasteiger partial charge in [-0.05, 0) is 38.1 Å². The van der Waals surface area contributed by atoms with Crippen LogP contribution in [0.1, 0.15) is 19.3 Å². The lowest BCUT2D eigenvalue weighted by molar-refractivity contribution is 0.0616. The summed E-state index contributed by atoms with van der Waals surface area (Å²) in [5.41, 5.74) is 0. The first kappa shape index (κ1) is 16.2. The highest BCUT2D eigenvalue weighted by molar-refractivity contribution is 5.85. The van der Waals surface area contributed by atoms with Gasteiger partial charge in [-0.15, -0.1) is 12.4 Å². The van der Waals surface area contributed by atoms with Crippen molar-refractivity contribution >= 4 is 12.4 Å². The van der Waals surface area contributed by atoms with E-state index >= 15 is 0 Å². The molecule has 3 rings (SSSR count).